The summed E-state index contributed by atoms with van der Waals surface area (Å²) in [5, 5.41) is 32.5. The second-order valence-electron chi connectivity index (χ2n) is 6.04. The van der Waals surface area contributed by atoms with Gasteiger partial charge in [-0.15, -0.1) is 0 Å². The molecule has 0 spiro atoms. The van der Waals surface area contributed by atoms with Crippen molar-refractivity contribution in [3.8, 4) is 5.75 Å². The number of hydrogen-bond donors (Lipinski definition) is 4. The largest absolute Gasteiger partial charge is 0.508 e. The Hall–Kier alpha value is -2.41. The number of nitrogens with one attached hydrogen (secondary N) is 1. The van der Waals surface area contributed by atoms with Gasteiger partial charge in [0.2, 0.25) is 0 Å². The van der Waals surface area contributed by atoms with Gasteiger partial charge in [0.25, 0.3) is 0 Å². The Morgan fingerprint density at radius 2 is 1.81 bits per heavy atom. The summed E-state index contributed by atoms with van der Waals surface area (Å²) in [6.07, 6.45) is 0.0335. The molecule has 4 N–H and O–H groups in total. The molecule has 0 aliphatic carbocycles. The Morgan fingerprint density at radius 1 is 1.15 bits per heavy atom. The fourth-order valence-electron chi connectivity index (χ4n) is 2.78. The summed E-state index contributed by atoms with van der Waals surface area (Å²) in [5.41, 5.74) is 2.50. The Bertz CT molecular complexity index is 729. The number of carbonyl (C=O) groups excluding carboxylic acids is 1. The van der Waals surface area contributed by atoms with E-state index in [0.29, 0.717) is 23.2 Å². The molecule has 0 fully saturated rings. The molecule has 0 heterocycles. The first-order valence-corrected chi connectivity index (χ1v) is 8.52. The van der Waals surface area contributed by atoms with Crippen LogP contribution in [0.25, 0.3) is 0 Å². The van der Waals surface area contributed by atoms with Crippen LogP contribution < -0.4 is 5.32 Å². The molecule has 2 rings (SSSR count). The summed E-state index contributed by atoms with van der Waals surface area (Å²) in [6.45, 7) is 2.06. The minimum Gasteiger partial charge on any atom is -0.508 e. The first kappa shape index (κ1) is 19.9. The molecule has 2 unspecified atom stereocenters. The number of esters is 1. The average molecular weight is 359 g/mol. The van der Waals surface area contributed by atoms with E-state index in [1.807, 2.05) is 19.1 Å². The molecule has 0 saturated heterocycles. The lowest BCUT2D eigenvalue weighted by atomic mass is 10.0. The number of ether oxygens (including phenoxy) is 1. The van der Waals surface area contributed by atoms with Gasteiger partial charge in [-0.25, -0.2) is 4.79 Å². The van der Waals surface area contributed by atoms with Crippen LogP contribution in [0.1, 0.15) is 52.5 Å². The highest BCUT2D eigenvalue weighted by Gasteiger charge is 2.15. The van der Waals surface area contributed by atoms with E-state index in [2.05, 4.69) is 5.32 Å². The topological polar surface area (TPSA) is 99.0 Å². The van der Waals surface area contributed by atoms with Crippen LogP contribution in [-0.4, -0.2) is 34.9 Å². The standard InChI is InChI=1S/C20H25NO5/c1-3-17(13-4-6-14(7-5-13)20(25)26-2)21-11-19(24)15-8-9-18(23)16(10-15)12-22/h4-10,17,19,21-24H,3,11-12H2,1-2H3. The fraction of sp³-hybridized carbons (Fsp3) is 0.350. The second-order valence-corrected chi connectivity index (χ2v) is 6.04. The van der Waals surface area contributed by atoms with Gasteiger partial charge in [-0.1, -0.05) is 25.1 Å². The van der Waals surface area contributed by atoms with Gasteiger partial charge in [0, 0.05) is 18.2 Å². The maximum atomic E-state index is 11.5. The number of rotatable bonds is 8. The molecule has 2 aromatic rings. The van der Waals surface area contributed by atoms with Crippen LogP contribution in [0.15, 0.2) is 42.5 Å². The molecule has 0 amide bonds. The average Bonchev–Trinajstić information content (AvgIpc) is 2.68. The van der Waals surface area contributed by atoms with Crippen molar-refractivity contribution < 1.29 is 24.9 Å². The van der Waals surface area contributed by atoms with E-state index in [1.165, 1.54) is 13.2 Å². The predicted molar refractivity (Wildman–Crippen MR) is 97.8 cm³/mol. The van der Waals surface area contributed by atoms with Gasteiger partial charge in [-0.3, -0.25) is 0 Å². The quantitative estimate of drug-likeness (QED) is 0.541. The van der Waals surface area contributed by atoms with Crippen molar-refractivity contribution in [1.29, 1.82) is 0 Å². The first-order chi connectivity index (χ1) is 12.5. The normalized spacial score (nSPS) is 13.2. The van der Waals surface area contributed by atoms with Gasteiger partial charge in [0.15, 0.2) is 0 Å². The predicted octanol–water partition coefficient (Wildman–Crippen LogP) is 2.45. The van der Waals surface area contributed by atoms with Crippen LogP contribution in [0.5, 0.6) is 5.75 Å². The van der Waals surface area contributed by atoms with Crippen molar-refractivity contribution in [3.05, 3.63) is 64.7 Å². The third kappa shape index (κ3) is 4.82. The number of aliphatic hydroxyl groups excluding tert-OH is 2. The third-order valence-corrected chi connectivity index (χ3v) is 4.36. The molecule has 6 nitrogen and oxygen atoms in total. The summed E-state index contributed by atoms with van der Waals surface area (Å²) < 4.78 is 4.69. The van der Waals surface area contributed by atoms with Gasteiger partial charge >= 0.3 is 5.97 Å². The molecule has 0 bridgehead atoms. The van der Waals surface area contributed by atoms with Crippen molar-refractivity contribution in [3.63, 3.8) is 0 Å². The molecular weight excluding hydrogens is 334 g/mol. The van der Waals surface area contributed by atoms with E-state index >= 15 is 0 Å². The molecule has 2 aromatic carbocycles. The highest BCUT2D eigenvalue weighted by molar-refractivity contribution is 5.89. The molecule has 140 valence electrons. The fourth-order valence-corrected chi connectivity index (χ4v) is 2.78. The van der Waals surface area contributed by atoms with Crippen LogP contribution in [0.3, 0.4) is 0 Å². The van der Waals surface area contributed by atoms with Gasteiger partial charge < -0.3 is 25.4 Å². The maximum Gasteiger partial charge on any atom is 0.337 e. The number of aliphatic hydroxyl groups is 2. The van der Waals surface area contributed by atoms with E-state index in [1.54, 1.807) is 24.3 Å². The Kier molecular flexibility index (Phi) is 7.15. The second kappa shape index (κ2) is 9.33. The Labute approximate surface area is 153 Å². The summed E-state index contributed by atoms with van der Waals surface area (Å²) in [6, 6.07) is 11.9. The highest BCUT2D eigenvalue weighted by Crippen LogP contribution is 2.23. The summed E-state index contributed by atoms with van der Waals surface area (Å²) >= 11 is 0. The van der Waals surface area contributed by atoms with Gasteiger partial charge in [0.1, 0.15) is 5.75 Å². The van der Waals surface area contributed by atoms with Crippen LogP contribution >= 0.6 is 0 Å². The van der Waals surface area contributed by atoms with Crippen molar-refractivity contribution >= 4 is 5.97 Å². The number of phenols is 1. The van der Waals surface area contributed by atoms with E-state index < -0.39 is 6.10 Å². The lowest BCUT2D eigenvalue weighted by Gasteiger charge is -2.21. The Balaban J connectivity index is 2.02. The monoisotopic (exact) mass is 359 g/mol. The first-order valence-electron chi connectivity index (χ1n) is 8.52. The number of carbonyl (C=O) groups is 1. The van der Waals surface area contributed by atoms with Crippen molar-refractivity contribution in [2.75, 3.05) is 13.7 Å². The third-order valence-electron chi connectivity index (χ3n) is 4.36. The highest BCUT2D eigenvalue weighted by atomic mass is 16.5. The summed E-state index contributed by atoms with van der Waals surface area (Å²) in [5.74, 6) is -0.367. The molecule has 2 atom stereocenters. The lowest BCUT2D eigenvalue weighted by Crippen LogP contribution is -2.26. The molecule has 6 heteroatoms. The summed E-state index contributed by atoms with van der Waals surface area (Å²) in [4.78, 5) is 11.5. The SMILES string of the molecule is CCC(NCC(O)c1ccc(O)c(CO)c1)c1ccc(C(=O)OC)cc1. The lowest BCUT2D eigenvalue weighted by molar-refractivity contribution is 0.0600. The summed E-state index contributed by atoms with van der Waals surface area (Å²) in [7, 11) is 1.35. The number of methoxy groups -OCH3 is 1. The molecule has 0 aliphatic rings. The van der Waals surface area contributed by atoms with Gasteiger partial charge in [-0.2, -0.15) is 0 Å². The van der Waals surface area contributed by atoms with E-state index in [-0.39, 0.29) is 24.4 Å². The molecule has 0 radical (unpaired) electrons. The maximum absolute atomic E-state index is 11.5. The molecular formula is C20H25NO5. The molecule has 0 aromatic heterocycles. The van der Waals surface area contributed by atoms with Crippen molar-refractivity contribution in [2.24, 2.45) is 0 Å². The van der Waals surface area contributed by atoms with E-state index in [4.69, 9.17) is 4.74 Å². The molecule has 0 aliphatic heterocycles. The zero-order valence-corrected chi connectivity index (χ0v) is 15.0. The zero-order valence-electron chi connectivity index (χ0n) is 15.0. The number of aromatic hydroxyl groups is 1. The van der Waals surface area contributed by atoms with Gasteiger partial charge in [-0.05, 0) is 41.8 Å². The number of hydrogen-bond acceptors (Lipinski definition) is 6. The van der Waals surface area contributed by atoms with Crippen LogP contribution in [0.2, 0.25) is 0 Å². The smallest absolute Gasteiger partial charge is 0.337 e. The van der Waals surface area contributed by atoms with Crippen LogP contribution in [-0.2, 0) is 11.3 Å². The van der Waals surface area contributed by atoms with E-state index in [9.17, 15) is 20.1 Å². The van der Waals surface area contributed by atoms with Crippen LogP contribution in [0, 0.1) is 0 Å². The number of benzene rings is 2. The van der Waals surface area contributed by atoms with Crippen molar-refractivity contribution in [1.82, 2.24) is 5.32 Å². The van der Waals surface area contributed by atoms with Crippen molar-refractivity contribution in [2.45, 2.75) is 32.1 Å². The molecule has 0 saturated carbocycles. The molecule has 26 heavy (non-hydrogen) atoms. The Morgan fingerprint density at radius 3 is 2.38 bits per heavy atom. The minimum atomic E-state index is -0.774. The van der Waals surface area contributed by atoms with Gasteiger partial charge in [0.05, 0.1) is 25.4 Å². The van der Waals surface area contributed by atoms with Crippen LogP contribution in [0.4, 0.5) is 0 Å². The van der Waals surface area contributed by atoms with E-state index in [0.717, 1.165) is 12.0 Å². The minimum absolute atomic E-state index is 0.00791. The zero-order chi connectivity index (χ0) is 19.1.